The van der Waals surface area contributed by atoms with Crippen LogP contribution in [0.25, 0.3) is 33.3 Å². The molecule has 3 aromatic carbocycles. The van der Waals surface area contributed by atoms with Crippen LogP contribution in [0.2, 0.25) is 0 Å². The lowest BCUT2D eigenvalue weighted by molar-refractivity contribution is 0.618. The molecule has 0 spiro atoms. The molecule has 102 valence electrons. The van der Waals surface area contributed by atoms with E-state index in [-0.39, 0.29) is 0 Å². The maximum atomic E-state index is 6.18. The SMILES string of the molecule is Cc1cccc2nc(-c3cc4ccccc4cc3N)oc12. The summed E-state index contributed by atoms with van der Waals surface area (Å²) in [4.78, 5) is 4.56. The molecule has 0 fully saturated rings. The standard InChI is InChI=1S/C18H14N2O/c1-11-5-4-8-16-17(11)21-18(20-16)14-9-12-6-2-3-7-13(12)10-15(14)19/h2-10H,19H2,1H3. The molecular formula is C18H14N2O. The Labute approximate surface area is 122 Å². The van der Waals surface area contributed by atoms with Crippen molar-refractivity contribution in [1.29, 1.82) is 0 Å². The number of aromatic nitrogens is 1. The molecule has 0 saturated carbocycles. The fourth-order valence-electron chi connectivity index (χ4n) is 2.65. The molecule has 0 aliphatic rings. The number of hydrogen-bond donors (Lipinski definition) is 1. The van der Waals surface area contributed by atoms with E-state index >= 15 is 0 Å². The Balaban J connectivity index is 1.99. The van der Waals surface area contributed by atoms with Gasteiger partial charge in [-0.3, -0.25) is 0 Å². The van der Waals surface area contributed by atoms with Crippen molar-refractivity contribution in [2.45, 2.75) is 6.92 Å². The zero-order chi connectivity index (χ0) is 14.4. The summed E-state index contributed by atoms with van der Waals surface area (Å²) in [5.41, 5.74) is 10.4. The summed E-state index contributed by atoms with van der Waals surface area (Å²) in [6, 6.07) is 18.1. The van der Waals surface area contributed by atoms with E-state index in [4.69, 9.17) is 10.2 Å². The molecule has 1 heterocycles. The number of oxazole rings is 1. The number of nitrogen functional groups attached to an aromatic ring is 1. The van der Waals surface area contributed by atoms with Crippen molar-refractivity contribution in [3.8, 4) is 11.5 Å². The largest absolute Gasteiger partial charge is 0.436 e. The Morgan fingerprint density at radius 1 is 0.952 bits per heavy atom. The van der Waals surface area contributed by atoms with Crippen molar-refractivity contribution in [2.75, 3.05) is 5.73 Å². The number of anilines is 1. The van der Waals surface area contributed by atoms with Crippen molar-refractivity contribution in [2.24, 2.45) is 0 Å². The van der Waals surface area contributed by atoms with Gasteiger partial charge in [-0.15, -0.1) is 0 Å². The van der Waals surface area contributed by atoms with Gasteiger partial charge in [0.2, 0.25) is 5.89 Å². The predicted octanol–water partition coefficient (Wildman–Crippen LogP) is 4.54. The second-order valence-electron chi connectivity index (χ2n) is 5.23. The predicted molar refractivity (Wildman–Crippen MR) is 86.1 cm³/mol. The van der Waals surface area contributed by atoms with Gasteiger partial charge in [0, 0.05) is 5.69 Å². The number of para-hydroxylation sites is 1. The lowest BCUT2D eigenvalue weighted by atomic mass is 10.1. The number of aryl methyl sites for hydroxylation is 1. The fourth-order valence-corrected chi connectivity index (χ4v) is 2.65. The summed E-state index contributed by atoms with van der Waals surface area (Å²) in [5.74, 6) is 0.572. The molecule has 0 aliphatic heterocycles. The third kappa shape index (κ3) is 1.86. The minimum Gasteiger partial charge on any atom is -0.436 e. The van der Waals surface area contributed by atoms with Crippen LogP contribution >= 0.6 is 0 Å². The Bertz CT molecular complexity index is 969. The van der Waals surface area contributed by atoms with E-state index in [2.05, 4.69) is 11.1 Å². The molecule has 3 heteroatoms. The van der Waals surface area contributed by atoms with Crippen LogP contribution in [0.1, 0.15) is 5.56 Å². The van der Waals surface area contributed by atoms with Crippen LogP contribution in [-0.2, 0) is 0 Å². The van der Waals surface area contributed by atoms with E-state index in [1.165, 1.54) is 0 Å². The highest BCUT2D eigenvalue weighted by molar-refractivity contribution is 5.93. The van der Waals surface area contributed by atoms with E-state index in [0.29, 0.717) is 11.6 Å². The Hall–Kier alpha value is -2.81. The average Bonchev–Trinajstić information content (AvgIpc) is 2.92. The maximum Gasteiger partial charge on any atom is 0.229 e. The molecular weight excluding hydrogens is 260 g/mol. The highest BCUT2D eigenvalue weighted by Crippen LogP contribution is 2.32. The lowest BCUT2D eigenvalue weighted by Crippen LogP contribution is -1.90. The quantitative estimate of drug-likeness (QED) is 0.518. The van der Waals surface area contributed by atoms with Crippen molar-refractivity contribution in [3.63, 3.8) is 0 Å². The van der Waals surface area contributed by atoms with Crippen LogP contribution in [0.4, 0.5) is 5.69 Å². The molecule has 4 aromatic rings. The van der Waals surface area contributed by atoms with E-state index in [0.717, 1.165) is 33.0 Å². The first-order chi connectivity index (χ1) is 10.2. The molecule has 0 bridgehead atoms. The molecule has 0 atom stereocenters. The van der Waals surface area contributed by atoms with Crippen LogP contribution < -0.4 is 5.73 Å². The summed E-state index contributed by atoms with van der Waals surface area (Å²) in [6.45, 7) is 2.01. The van der Waals surface area contributed by atoms with Crippen molar-refractivity contribution < 1.29 is 4.42 Å². The number of nitrogens with zero attached hydrogens (tertiary/aromatic N) is 1. The Kier molecular flexibility index (Phi) is 2.48. The molecule has 0 amide bonds. The monoisotopic (exact) mass is 274 g/mol. The van der Waals surface area contributed by atoms with Crippen molar-refractivity contribution >= 4 is 27.6 Å². The van der Waals surface area contributed by atoms with E-state index in [9.17, 15) is 0 Å². The Morgan fingerprint density at radius 2 is 1.71 bits per heavy atom. The first-order valence-corrected chi connectivity index (χ1v) is 6.87. The van der Waals surface area contributed by atoms with Gasteiger partial charge in [-0.1, -0.05) is 36.4 Å². The smallest absolute Gasteiger partial charge is 0.229 e. The summed E-state index contributed by atoms with van der Waals surface area (Å²) in [6.07, 6.45) is 0. The number of fused-ring (bicyclic) bond motifs is 2. The van der Waals surface area contributed by atoms with E-state index in [1.807, 2.05) is 55.5 Å². The average molecular weight is 274 g/mol. The first-order valence-electron chi connectivity index (χ1n) is 6.87. The Morgan fingerprint density at radius 3 is 2.48 bits per heavy atom. The number of nitrogens with two attached hydrogens (primary N) is 1. The van der Waals surface area contributed by atoms with Gasteiger partial charge in [0.25, 0.3) is 0 Å². The highest BCUT2D eigenvalue weighted by atomic mass is 16.3. The number of benzene rings is 3. The maximum absolute atomic E-state index is 6.18. The van der Waals surface area contributed by atoms with Crippen LogP contribution in [0.3, 0.4) is 0 Å². The summed E-state index contributed by atoms with van der Waals surface area (Å²) in [7, 11) is 0. The van der Waals surface area contributed by atoms with Crippen LogP contribution in [-0.4, -0.2) is 4.98 Å². The molecule has 3 nitrogen and oxygen atoms in total. The second-order valence-corrected chi connectivity index (χ2v) is 5.23. The van der Waals surface area contributed by atoms with Crippen molar-refractivity contribution in [1.82, 2.24) is 4.98 Å². The zero-order valence-corrected chi connectivity index (χ0v) is 11.6. The molecule has 0 saturated heterocycles. The summed E-state index contributed by atoms with van der Waals surface area (Å²) in [5, 5.41) is 2.24. The highest BCUT2D eigenvalue weighted by Gasteiger charge is 2.13. The minimum absolute atomic E-state index is 0.572. The minimum atomic E-state index is 0.572. The summed E-state index contributed by atoms with van der Waals surface area (Å²) >= 11 is 0. The normalized spacial score (nSPS) is 11.3. The molecule has 4 rings (SSSR count). The van der Waals surface area contributed by atoms with Gasteiger partial charge in [0.05, 0.1) is 5.56 Å². The second kappa shape index (κ2) is 4.35. The third-order valence-electron chi connectivity index (χ3n) is 3.76. The van der Waals surface area contributed by atoms with Crippen LogP contribution in [0.5, 0.6) is 0 Å². The van der Waals surface area contributed by atoms with Crippen molar-refractivity contribution in [3.05, 3.63) is 60.2 Å². The molecule has 2 N–H and O–H groups in total. The van der Waals surface area contributed by atoms with Gasteiger partial charge in [0.1, 0.15) is 5.52 Å². The number of hydrogen-bond acceptors (Lipinski definition) is 3. The van der Waals surface area contributed by atoms with Crippen LogP contribution in [0, 0.1) is 6.92 Å². The van der Waals surface area contributed by atoms with E-state index in [1.54, 1.807) is 0 Å². The topological polar surface area (TPSA) is 52.0 Å². The third-order valence-corrected chi connectivity index (χ3v) is 3.76. The first kappa shape index (κ1) is 12.0. The lowest BCUT2D eigenvalue weighted by Gasteiger charge is -2.04. The van der Waals surface area contributed by atoms with Gasteiger partial charge < -0.3 is 10.2 Å². The van der Waals surface area contributed by atoms with Crippen LogP contribution in [0.15, 0.2) is 59.0 Å². The van der Waals surface area contributed by atoms with Gasteiger partial charge in [-0.05, 0) is 41.5 Å². The fraction of sp³-hybridized carbons (Fsp3) is 0.0556. The molecule has 0 aliphatic carbocycles. The molecule has 0 radical (unpaired) electrons. The van der Waals surface area contributed by atoms with Gasteiger partial charge in [-0.2, -0.15) is 0 Å². The molecule has 21 heavy (non-hydrogen) atoms. The van der Waals surface area contributed by atoms with Gasteiger partial charge >= 0.3 is 0 Å². The summed E-state index contributed by atoms with van der Waals surface area (Å²) < 4.78 is 5.92. The van der Waals surface area contributed by atoms with Gasteiger partial charge in [-0.25, -0.2) is 4.98 Å². The number of rotatable bonds is 1. The van der Waals surface area contributed by atoms with E-state index < -0.39 is 0 Å². The zero-order valence-electron chi connectivity index (χ0n) is 11.6. The van der Waals surface area contributed by atoms with Gasteiger partial charge in [0.15, 0.2) is 5.58 Å². The molecule has 0 unspecified atom stereocenters. The molecule has 1 aromatic heterocycles.